The molecule has 0 radical (unpaired) electrons. The Kier molecular flexibility index (Phi) is 4.46. The van der Waals surface area contributed by atoms with Crippen LogP contribution in [0.1, 0.15) is 50.5 Å². The molecule has 2 nitrogen and oxygen atoms in total. The van der Waals surface area contributed by atoms with Crippen molar-refractivity contribution in [3.05, 3.63) is 33.8 Å². The van der Waals surface area contributed by atoms with Gasteiger partial charge in [-0.05, 0) is 49.3 Å². The van der Waals surface area contributed by atoms with Crippen molar-refractivity contribution in [2.45, 2.75) is 50.4 Å². The summed E-state index contributed by atoms with van der Waals surface area (Å²) in [6.45, 7) is 0.811. The summed E-state index contributed by atoms with van der Waals surface area (Å²) >= 11 is 12.2. The van der Waals surface area contributed by atoms with Crippen molar-refractivity contribution in [2.24, 2.45) is 5.92 Å². The lowest BCUT2D eigenvalue weighted by molar-refractivity contribution is -0.123. The van der Waals surface area contributed by atoms with Crippen LogP contribution in [0.2, 0.25) is 10.0 Å². The molecule has 2 fully saturated rings. The van der Waals surface area contributed by atoms with Crippen LogP contribution < -0.4 is 5.32 Å². The largest absolute Gasteiger partial charge is 0.355 e. The Balaban J connectivity index is 1.65. The standard InChI is InChI=1S/C17H21Cl2NO/c18-13-6-7-14(15(19)10-13)17(8-9-17)16(21)20-11-12-4-2-1-3-5-12/h6-7,10,12H,1-5,8-9,11H2,(H,20,21). The van der Waals surface area contributed by atoms with Gasteiger partial charge in [0, 0.05) is 16.6 Å². The number of benzene rings is 1. The number of hydrogen-bond acceptors (Lipinski definition) is 1. The third-order valence-corrected chi connectivity index (χ3v) is 5.46. The monoisotopic (exact) mass is 325 g/mol. The number of amides is 1. The lowest BCUT2D eigenvalue weighted by Crippen LogP contribution is -2.38. The maximum absolute atomic E-state index is 12.6. The fourth-order valence-corrected chi connectivity index (χ4v) is 4.01. The molecule has 1 aromatic rings. The minimum Gasteiger partial charge on any atom is -0.355 e. The second-order valence-electron chi connectivity index (χ2n) is 6.42. The normalized spacial score (nSPS) is 21.0. The summed E-state index contributed by atoms with van der Waals surface area (Å²) in [7, 11) is 0. The third-order valence-electron chi connectivity index (χ3n) is 4.91. The molecule has 0 heterocycles. The van der Waals surface area contributed by atoms with Crippen molar-refractivity contribution in [2.75, 3.05) is 6.54 Å². The highest BCUT2D eigenvalue weighted by Gasteiger charge is 2.52. The second kappa shape index (κ2) is 6.18. The van der Waals surface area contributed by atoms with Gasteiger partial charge < -0.3 is 5.32 Å². The van der Waals surface area contributed by atoms with Gasteiger partial charge in [0.1, 0.15) is 0 Å². The van der Waals surface area contributed by atoms with Crippen molar-refractivity contribution in [1.29, 1.82) is 0 Å². The number of nitrogens with one attached hydrogen (secondary N) is 1. The smallest absolute Gasteiger partial charge is 0.230 e. The molecule has 0 aromatic heterocycles. The molecule has 3 rings (SSSR count). The van der Waals surface area contributed by atoms with Crippen molar-refractivity contribution in [1.82, 2.24) is 5.32 Å². The number of carbonyl (C=O) groups excluding carboxylic acids is 1. The minimum absolute atomic E-state index is 0.136. The van der Waals surface area contributed by atoms with Crippen LogP contribution in [-0.4, -0.2) is 12.5 Å². The molecule has 2 saturated carbocycles. The molecule has 0 spiro atoms. The van der Waals surface area contributed by atoms with Crippen LogP contribution in [0.5, 0.6) is 0 Å². The van der Waals surface area contributed by atoms with E-state index in [2.05, 4.69) is 5.32 Å². The summed E-state index contributed by atoms with van der Waals surface area (Å²) in [4.78, 5) is 12.6. The summed E-state index contributed by atoms with van der Waals surface area (Å²) in [5, 5.41) is 4.38. The molecule has 0 saturated heterocycles. The van der Waals surface area contributed by atoms with Gasteiger partial charge in [-0.3, -0.25) is 4.79 Å². The maximum atomic E-state index is 12.6. The zero-order valence-electron chi connectivity index (χ0n) is 12.1. The number of hydrogen-bond donors (Lipinski definition) is 1. The lowest BCUT2D eigenvalue weighted by atomic mass is 9.88. The van der Waals surface area contributed by atoms with Crippen LogP contribution in [0.3, 0.4) is 0 Å². The molecule has 4 heteroatoms. The third kappa shape index (κ3) is 3.22. The van der Waals surface area contributed by atoms with E-state index in [0.29, 0.717) is 16.0 Å². The molecular formula is C17H21Cl2NO. The van der Waals surface area contributed by atoms with E-state index in [1.165, 1.54) is 32.1 Å². The molecule has 21 heavy (non-hydrogen) atoms. The predicted octanol–water partition coefficient (Wildman–Crippen LogP) is 4.72. The van der Waals surface area contributed by atoms with E-state index >= 15 is 0 Å². The summed E-state index contributed by atoms with van der Waals surface area (Å²) in [5.74, 6) is 0.788. The molecule has 1 N–H and O–H groups in total. The topological polar surface area (TPSA) is 29.1 Å². The van der Waals surface area contributed by atoms with Gasteiger partial charge in [-0.2, -0.15) is 0 Å². The van der Waals surface area contributed by atoms with Crippen LogP contribution in [-0.2, 0) is 10.2 Å². The highest BCUT2D eigenvalue weighted by molar-refractivity contribution is 6.35. The van der Waals surface area contributed by atoms with E-state index in [1.807, 2.05) is 12.1 Å². The first-order chi connectivity index (χ1) is 10.1. The fourth-order valence-electron chi connectivity index (χ4n) is 3.42. The van der Waals surface area contributed by atoms with Crippen molar-refractivity contribution >= 4 is 29.1 Å². The Morgan fingerprint density at radius 3 is 2.52 bits per heavy atom. The molecule has 114 valence electrons. The van der Waals surface area contributed by atoms with E-state index < -0.39 is 5.41 Å². The Morgan fingerprint density at radius 1 is 1.19 bits per heavy atom. The van der Waals surface area contributed by atoms with Crippen molar-refractivity contribution in [3.8, 4) is 0 Å². The molecule has 2 aliphatic carbocycles. The Morgan fingerprint density at radius 2 is 1.90 bits per heavy atom. The van der Waals surface area contributed by atoms with Crippen molar-refractivity contribution in [3.63, 3.8) is 0 Å². The van der Waals surface area contributed by atoms with Gasteiger partial charge in [0.15, 0.2) is 0 Å². The molecule has 2 aliphatic rings. The first-order valence-electron chi connectivity index (χ1n) is 7.86. The molecule has 0 unspecified atom stereocenters. The molecular weight excluding hydrogens is 305 g/mol. The zero-order valence-corrected chi connectivity index (χ0v) is 13.6. The van der Waals surface area contributed by atoms with Gasteiger partial charge in [-0.25, -0.2) is 0 Å². The summed E-state index contributed by atoms with van der Waals surface area (Å²) in [6.07, 6.45) is 8.19. The quantitative estimate of drug-likeness (QED) is 0.852. The van der Waals surface area contributed by atoms with E-state index in [9.17, 15) is 4.79 Å². The summed E-state index contributed by atoms with van der Waals surface area (Å²) < 4.78 is 0. The average molecular weight is 326 g/mol. The molecule has 0 atom stereocenters. The fraction of sp³-hybridized carbons (Fsp3) is 0.588. The van der Waals surface area contributed by atoms with Crippen LogP contribution in [0.15, 0.2) is 18.2 Å². The number of halogens is 2. The van der Waals surface area contributed by atoms with Crippen LogP contribution in [0.4, 0.5) is 0 Å². The zero-order chi connectivity index (χ0) is 14.9. The van der Waals surface area contributed by atoms with Crippen LogP contribution >= 0.6 is 23.2 Å². The van der Waals surface area contributed by atoms with Crippen LogP contribution in [0.25, 0.3) is 0 Å². The average Bonchev–Trinajstić information content (AvgIpc) is 3.27. The SMILES string of the molecule is O=C(NCC1CCCCC1)C1(c2ccc(Cl)cc2Cl)CC1. The summed E-state index contributed by atoms with van der Waals surface area (Å²) in [6, 6.07) is 5.45. The second-order valence-corrected chi connectivity index (χ2v) is 7.26. The Labute approximate surface area is 136 Å². The maximum Gasteiger partial charge on any atom is 0.230 e. The highest BCUT2D eigenvalue weighted by Crippen LogP contribution is 2.51. The molecule has 0 bridgehead atoms. The van der Waals surface area contributed by atoms with Gasteiger partial charge in [-0.1, -0.05) is 48.5 Å². The van der Waals surface area contributed by atoms with E-state index in [1.54, 1.807) is 6.07 Å². The first-order valence-corrected chi connectivity index (χ1v) is 8.61. The van der Waals surface area contributed by atoms with Gasteiger partial charge in [0.05, 0.1) is 5.41 Å². The van der Waals surface area contributed by atoms with E-state index in [-0.39, 0.29) is 5.91 Å². The lowest BCUT2D eigenvalue weighted by Gasteiger charge is -2.24. The summed E-state index contributed by atoms with van der Waals surface area (Å²) in [5.41, 5.74) is 0.519. The van der Waals surface area contributed by atoms with E-state index in [0.717, 1.165) is 24.9 Å². The Bertz CT molecular complexity index is 534. The number of carbonyl (C=O) groups is 1. The molecule has 1 aromatic carbocycles. The first kappa shape index (κ1) is 15.2. The Hall–Kier alpha value is -0.730. The predicted molar refractivity (Wildman–Crippen MR) is 87.0 cm³/mol. The minimum atomic E-state index is -0.406. The molecule has 1 amide bonds. The highest BCUT2D eigenvalue weighted by atomic mass is 35.5. The molecule has 0 aliphatic heterocycles. The number of rotatable bonds is 4. The van der Waals surface area contributed by atoms with E-state index in [4.69, 9.17) is 23.2 Å². The van der Waals surface area contributed by atoms with Crippen molar-refractivity contribution < 1.29 is 4.79 Å². The van der Waals surface area contributed by atoms with Gasteiger partial charge in [0.25, 0.3) is 0 Å². The van der Waals surface area contributed by atoms with Gasteiger partial charge in [-0.15, -0.1) is 0 Å². The van der Waals surface area contributed by atoms with Gasteiger partial charge in [0.2, 0.25) is 5.91 Å². The van der Waals surface area contributed by atoms with Gasteiger partial charge >= 0.3 is 0 Å². The van der Waals surface area contributed by atoms with Crippen LogP contribution in [0, 0.1) is 5.92 Å².